The molecule has 0 aliphatic carbocycles. The number of primary sulfonamides is 1. The van der Waals surface area contributed by atoms with Crippen molar-refractivity contribution in [3.63, 3.8) is 0 Å². The predicted molar refractivity (Wildman–Crippen MR) is 61.6 cm³/mol. The fourth-order valence-corrected chi connectivity index (χ4v) is 2.22. The van der Waals surface area contributed by atoms with Crippen molar-refractivity contribution < 1.29 is 12.8 Å². The molecule has 1 aromatic carbocycles. The molecule has 0 atom stereocenters. The lowest BCUT2D eigenvalue weighted by Crippen LogP contribution is -2.20. The molecular weight excluding hydrogens is 298 g/mol. The zero-order valence-electron chi connectivity index (χ0n) is 7.81. The minimum Gasteiger partial charge on any atom is -0.422 e. The standard InChI is InChI=1S/C9H6BrNO4S/c10-6-1-2-7-5(3-6)4-8(9(12)15-7)16(11,13)14/h1-4H,(H2,11,13,14). The van der Waals surface area contributed by atoms with Crippen LogP contribution in [0.1, 0.15) is 0 Å². The maximum absolute atomic E-state index is 11.3. The lowest BCUT2D eigenvalue weighted by molar-refractivity contribution is 0.533. The van der Waals surface area contributed by atoms with Gasteiger partial charge in [-0.1, -0.05) is 15.9 Å². The van der Waals surface area contributed by atoms with Crippen molar-refractivity contribution in [3.05, 3.63) is 39.2 Å². The molecule has 1 heterocycles. The van der Waals surface area contributed by atoms with Gasteiger partial charge in [-0.25, -0.2) is 18.4 Å². The summed E-state index contributed by atoms with van der Waals surface area (Å²) < 4.78 is 27.8. The average molecular weight is 304 g/mol. The second kappa shape index (κ2) is 3.69. The fourth-order valence-electron chi connectivity index (χ4n) is 1.27. The molecule has 0 saturated heterocycles. The van der Waals surface area contributed by atoms with Crippen LogP contribution in [-0.4, -0.2) is 8.42 Å². The van der Waals surface area contributed by atoms with E-state index in [9.17, 15) is 13.2 Å². The summed E-state index contributed by atoms with van der Waals surface area (Å²) in [4.78, 5) is 10.8. The van der Waals surface area contributed by atoms with Crippen LogP contribution >= 0.6 is 15.9 Å². The van der Waals surface area contributed by atoms with Gasteiger partial charge in [0.2, 0.25) is 10.0 Å². The minimum atomic E-state index is -4.06. The van der Waals surface area contributed by atoms with Crippen molar-refractivity contribution in [1.82, 2.24) is 0 Å². The minimum absolute atomic E-state index is 0.306. The van der Waals surface area contributed by atoms with Gasteiger partial charge in [-0.05, 0) is 24.3 Å². The van der Waals surface area contributed by atoms with Crippen molar-refractivity contribution >= 4 is 36.9 Å². The highest BCUT2D eigenvalue weighted by atomic mass is 79.9. The van der Waals surface area contributed by atoms with E-state index in [0.29, 0.717) is 11.0 Å². The molecule has 1 aromatic heterocycles. The zero-order valence-corrected chi connectivity index (χ0v) is 10.2. The van der Waals surface area contributed by atoms with Gasteiger partial charge in [-0.2, -0.15) is 0 Å². The Morgan fingerprint density at radius 1 is 1.25 bits per heavy atom. The molecule has 16 heavy (non-hydrogen) atoms. The van der Waals surface area contributed by atoms with Gasteiger partial charge in [0.25, 0.3) is 0 Å². The Hall–Kier alpha value is -1.18. The van der Waals surface area contributed by atoms with Crippen molar-refractivity contribution in [2.45, 2.75) is 4.90 Å². The molecule has 0 fully saturated rings. The maximum Gasteiger partial charge on any atom is 0.356 e. The highest BCUT2D eigenvalue weighted by Gasteiger charge is 2.15. The molecule has 2 rings (SSSR count). The average Bonchev–Trinajstić information content (AvgIpc) is 2.16. The summed E-state index contributed by atoms with van der Waals surface area (Å²) in [6.07, 6.45) is 0. The van der Waals surface area contributed by atoms with Gasteiger partial charge in [0.1, 0.15) is 5.58 Å². The third-order valence-corrected chi connectivity index (χ3v) is 3.36. The van der Waals surface area contributed by atoms with Crippen molar-refractivity contribution in [1.29, 1.82) is 0 Å². The number of nitrogens with two attached hydrogens (primary N) is 1. The van der Waals surface area contributed by atoms with Gasteiger partial charge in [-0.3, -0.25) is 0 Å². The van der Waals surface area contributed by atoms with Crippen LogP contribution in [0.3, 0.4) is 0 Å². The third kappa shape index (κ3) is 2.01. The number of rotatable bonds is 1. The summed E-state index contributed by atoms with van der Waals surface area (Å²) in [6.45, 7) is 0. The Balaban J connectivity index is 2.90. The van der Waals surface area contributed by atoms with Crippen LogP contribution in [0.4, 0.5) is 0 Å². The lowest BCUT2D eigenvalue weighted by Gasteiger charge is -2.00. The van der Waals surface area contributed by atoms with E-state index < -0.39 is 20.5 Å². The maximum atomic E-state index is 11.3. The Bertz CT molecular complexity index is 720. The second-order valence-corrected chi connectivity index (χ2v) is 5.57. The summed E-state index contributed by atoms with van der Waals surface area (Å²) in [5.74, 6) is 0. The molecule has 84 valence electrons. The monoisotopic (exact) mass is 303 g/mol. The van der Waals surface area contributed by atoms with Crippen LogP contribution in [0.5, 0.6) is 0 Å². The highest BCUT2D eigenvalue weighted by Crippen LogP contribution is 2.20. The number of benzene rings is 1. The summed E-state index contributed by atoms with van der Waals surface area (Å²) in [5.41, 5.74) is -0.655. The first-order chi connectivity index (χ1) is 7.38. The number of sulfonamides is 1. The summed E-state index contributed by atoms with van der Waals surface area (Å²) in [6, 6.07) is 6.07. The summed E-state index contributed by atoms with van der Waals surface area (Å²) in [7, 11) is -4.06. The molecule has 0 aliphatic heterocycles. The van der Waals surface area contributed by atoms with Crippen molar-refractivity contribution in [3.8, 4) is 0 Å². The third-order valence-electron chi connectivity index (χ3n) is 1.97. The topological polar surface area (TPSA) is 90.4 Å². The van der Waals surface area contributed by atoms with E-state index in [0.717, 1.165) is 4.47 Å². The quantitative estimate of drug-likeness (QED) is 0.802. The SMILES string of the molecule is NS(=O)(=O)c1cc2cc(Br)ccc2oc1=O. The van der Waals surface area contributed by atoms with E-state index in [-0.39, 0.29) is 0 Å². The van der Waals surface area contributed by atoms with Crippen LogP contribution in [0.15, 0.2) is 42.8 Å². The molecule has 0 spiro atoms. The number of hydrogen-bond acceptors (Lipinski definition) is 4. The Morgan fingerprint density at radius 3 is 2.56 bits per heavy atom. The summed E-state index contributed by atoms with van der Waals surface area (Å²) >= 11 is 3.23. The molecule has 0 bridgehead atoms. The van der Waals surface area contributed by atoms with Gasteiger partial charge in [0.15, 0.2) is 4.90 Å². The van der Waals surface area contributed by atoms with Gasteiger partial charge < -0.3 is 4.42 Å². The van der Waals surface area contributed by atoms with Crippen LogP contribution < -0.4 is 10.8 Å². The molecule has 2 N–H and O–H groups in total. The molecule has 0 saturated carbocycles. The molecule has 5 nitrogen and oxygen atoms in total. The smallest absolute Gasteiger partial charge is 0.356 e. The number of halogens is 1. The molecule has 7 heteroatoms. The Kier molecular flexibility index (Phi) is 2.61. The zero-order chi connectivity index (χ0) is 11.9. The van der Waals surface area contributed by atoms with E-state index >= 15 is 0 Å². The fraction of sp³-hybridized carbons (Fsp3) is 0. The molecule has 0 amide bonds. The largest absolute Gasteiger partial charge is 0.422 e. The van der Waals surface area contributed by atoms with Crippen molar-refractivity contribution in [2.24, 2.45) is 5.14 Å². The van der Waals surface area contributed by atoms with E-state index in [2.05, 4.69) is 15.9 Å². The van der Waals surface area contributed by atoms with Crippen LogP contribution in [0.25, 0.3) is 11.0 Å². The summed E-state index contributed by atoms with van der Waals surface area (Å²) in [5, 5.41) is 5.37. The van der Waals surface area contributed by atoms with Gasteiger partial charge >= 0.3 is 5.63 Å². The lowest BCUT2D eigenvalue weighted by atomic mass is 10.2. The molecule has 2 aromatic rings. The van der Waals surface area contributed by atoms with E-state index in [1.54, 1.807) is 18.2 Å². The molecular formula is C9H6BrNO4S. The van der Waals surface area contributed by atoms with E-state index in [1.165, 1.54) is 6.07 Å². The first kappa shape index (κ1) is 11.3. The molecule has 0 radical (unpaired) electrons. The van der Waals surface area contributed by atoms with Gasteiger partial charge in [-0.15, -0.1) is 0 Å². The number of fused-ring (bicyclic) bond motifs is 1. The van der Waals surface area contributed by atoms with Crippen LogP contribution in [0.2, 0.25) is 0 Å². The van der Waals surface area contributed by atoms with E-state index in [4.69, 9.17) is 9.56 Å². The Labute approximate surface area is 99.0 Å². The normalized spacial score (nSPS) is 11.9. The molecule has 0 aliphatic rings. The Morgan fingerprint density at radius 2 is 1.94 bits per heavy atom. The van der Waals surface area contributed by atoms with E-state index in [1.807, 2.05) is 0 Å². The first-order valence-corrected chi connectivity index (χ1v) is 6.48. The first-order valence-electron chi connectivity index (χ1n) is 4.14. The van der Waals surface area contributed by atoms with Gasteiger partial charge in [0.05, 0.1) is 0 Å². The second-order valence-electron chi connectivity index (χ2n) is 3.13. The predicted octanol–water partition coefficient (Wildman–Crippen LogP) is 1.20. The van der Waals surface area contributed by atoms with Crippen LogP contribution in [0, 0.1) is 0 Å². The van der Waals surface area contributed by atoms with Crippen molar-refractivity contribution in [2.75, 3.05) is 0 Å². The van der Waals surface area contributed by atoms with Gasteiger partial charge in [0, 0.05) is 9.86 Å². The number of hydrogen-bond donors (Lipinski definition) is 1. The molecule has 0 unspecified atom stereocenters. The van der Waals surface area contributed by atoms with Crippen LogP contribution in [-0.2, 0) is 10.0 Å². The highest BCUT2D eigenvalue weighted by molar-refractivity contribution is 9.10.